The number of amides is 2. The van der Waals surface area contributed by atoms with Crippen LogP contribution in [0.2, 0.25) is 5.02 Å². The molecule has 0 radical (unpaired) electrons. The average molecular weight is 323 g/mol. The molecule has 0 unspecified atom stereocenters. The van der Waals surface area contributed by atoms with E-state index >= 15 is 0 Å². The molecule has 1 aromatic carbocycles. The summed E-state index contributed by atoms with van der Waals surface area (Å²) in [6.07, 6.45) is -0.873. The highest BCUT2D eigenvalue weighted by molar-refractivity contribution is 6.33. The maximum atomic E-state index is 13.4. The maximum Gasteiger partial charge on any atom is 0.326 e. The summed E-state index contributed by atoms with van der Waals surface area (Å²) >= 11 is 5.53. The van der Waals surface area contributed by atoms with Gasteiger partial charge in [0.05, 0.1) is 17.1 Å². The summed E-state index contributed by atoms with van der Waals surface area (Å²) in [6.45, 7) is 0. The van der Waals surface area contributed by atoms with Gasteiger partial charge in [0, 0.05) is 6.07 Å². The lowest BCUT2D eigenvalue weighted by Crippen LogP contribution is -2.44. The summed E-state index contributed by atoms with van der Waals surface area (Å²) < 4.78 is 26.2. The van der Waals surface area contributed by atoms with Crippen LogP contribution in [0.4, 0.5) is 19.3 Å². The fourth-order valence-electron chi connectivity index (χ4n) is 1.34. The van der Waals surface area contributed by atoms with Crippen LogP contribution in [-0.2, 0) is 9.59 Å². The lowest BCUT2D eigenvalue weighted by atomic mass is 10.2. The van der Waals surface area contributed by atoms with Gasteiger partial charge in [-0.15, -0.1) is 0 Å². The van der Waals surface area contributed by atoms with Crippen LogP contribution >= 0.6 is 11.6 Å². The van der Waals surface area contributed by atoms with Crippen LogP contribution in [0.25, 0.3) is 0 Å². The Morgan fingerprint density at radius 1 is 1.24 bits per heavy atom. The summed E-state index contributed by atoms with van der Waals surface area (Å²) in [5.74, 6) is -5.16. The zero-order chi connectivity index (χ0) is 16.2. The lowest BCUT2D eigenvalue weighted by molar-refractivity contribution is -0.145. The molecule has 0 spiro atoms. The number of hydrogen-bond acceptors (Lipinski definition) is 3. The lowest BCUT2D eigenvalue weighted by Gasteiger charge is -2.14. The monoisotopic (exact) mass is 322 g/mol. The first-order chi connectivity index (χ1) is 9.70. The van der Waals surface area contributed by atoms with Crippen molar-refractivity contribution in [3.05, 3.63) is 28.8 Å². The van der Waals surface area contributed by atoms with Gasteiger partial charge in [-0.1, -0.05) is 11.6 Å². The molecule has 21 heavy (non-hydrogen) atoms. The minimum absolute atomic E-state index is 0.437. The summed E-state index contributed by atoms with van der Waals surface area (Å²) in [6, 6.07) is -1.71. The van der Waals surface area contributed by atoms with E-state index in [0.29, 0.717) is 6.07 Å². The quantitative estimate of drug-likeness (QED) is 0.658. The Kier molecular flexibility index (Phi) is 5.42. The molecule has 0 aliphatic rings. The minimum atomic E-state index is -1.72. The molecule has 1 aromatic rings. The van der Waals surface area contributed by atoms with Gasteiger partial charge < -0.3 is 20.8 Å². The highest BCUT2D eigenvalue weighted by Crippen LogP contribution is 2.26. The number of urea groups is 1. The molecule has 7 nitrogen and oxygen atoms in total. The van der Waals surface area contributed by atoms with E-state index in [-0.39, 0.29) is 0 Å². The molecule has 0 saturated heterocycles. The predicted molar refractivity (Wildman–Crippen MR) is 67.2 cm³/mol. The van der Waals surface area contributed by atoms with Gasteiger partial charge in [0.25, 0.3) is 0 Å². The number of anilines is 1. The normalized spacial score (nSPS) is 11.6. The fourth-order valence-corrected chi connectivity index (χ4v) is 1.59. The van der Waals surface area contributed by atoms with Gasteiger partial charge in [0.2, 0.25) is 0 Å². The minimum Gasteiger partial charge on any atom is -0.481 e. The summed E-state index contributed by atoms with van der Waals surface area (Å²) in [4.78, 5) is 32.7. The fraction of sp³-hybridized carbons (Fsp3) is 0.182. The molecule has 1 rings (SSSR count). The zero-order valence-corrected chi connectivity index (χ0v) is 10.9. The van der Waals surface area contributed by atoms with Crippen LogP contribution in [0, 0.1) is 11.6 Å². The number of carbonyl (C=O) groups is 3. The molecule has 0 saturated carbocycles. The summed E-state index contributed by atoms with van der Waals surface area (Å²) in [5, 5.41) is 20.5. The third kappa shape index (κ3) is 4.88. The molecule has 0 heterocycles. The van der Waals surface area contributed by atoms with Gasteiger partial charge in [-0.25, -0.2) is 18.4 Å². The Hall–Kier alpha value is -2.42. The molecule has 1 atom stereocenters. The van der Waals surface area contributed by atoms with E-state index in [2.05, 4.69) is 0 Å². The molecule has 4 N–H and O–H groups in total. The van der Waals surface area contributed by atoms with Crippen molar-refractivity contribution in [1.82, 2.24) is 5.32 Å². The van der Waals surface area contributed by atoms with Gasteiger partial charge in [0.15, 0.2) is 5.82 Å². The standard InChI is InChI=1S/C11H9ClF2N2O5/c12-5-1-4(13)2-6(14)9(5)16-11(21)15-7(10(19)20)3-8(17)18/h1-2,7H,3H2,(H,17,18)(H,19,20)(H2,15,16,21)/t7-/m1/s1. The van der Waals surface area contributed by atoms with Crippen LogP contribution in [0.1, 0.15) is 6.42 Å². The van der Waals surface area contributed by atoms with Crippen molar-refractivity contribution >= 4 is 35.3 Å². The molecule has 0 bridgehead atoms. The van der Waals surface area contributed by atoms with Crippen molar-refractivity contribution in [2.45, 2.75) is 12.5 Å². The van der Waals surface area contributed by atoms with E-state index < -0.39 is 52.8 Å². The topological polar surface area (TPSA) is 116 Å². The first kappa shape index (κ1) is 16.6. The number of carbonyl (C=O) groups excluding carboxylic acids is 1. The SMILES string of the molecule is O=C(O)C[C@@H](NC(=O)Nc1c(F)cc(F)cc1Cl)C(=O)O. The van der Waals surface area contributed by atoms with Crippen LogP contribution in [-0.4, -0.2) is 34.2 Å². The highest BCUT2D eigenvalue weighted by atomic mass is 35.5. The summed E-state index contributed by atoms with van der Waals surface area (Å²) in [5.41, 5.74) is -0.560. The Morgan fingerprint density at radius 2 is 1.86 bits per heavy atom. The summed E-state index contributed by atoms with van der Waals surface area (Å²) in [7, 11) is 0. The molecule has 10 heteroatoms. The first-order valence-corrected chi connectivity index (χ1v) is 5.75. The Bertz CT molecular complexity index is 573. The Labute approximate surface area is 121 Å². The third-order valence-corrected chi connectivity index (χ3v) is 2.53. The number of carboxylic acids is 2. The van der Waals surface area contributed by atoms with Gasteiger partial charge in [0.1, 0.15) is 11.9 Å². The van der Waals surface area contributed by atoms with Gasteiger partial charge in [-0.05, 0) is 6.07 Å². The molecule has 114 valence electrons. The maximum absolute atomic E-state index is 13.4. The number of rotatable bonds is 5. The van der Waals surface area contributed by atoms with E-state index in [4.69, 9.17) is 21.8 Å². The second-order valence-electron chi connectivity index (χ2n) is 3.83. The molecular weight excluding hydrogens is 314 g/mol. The van der Waals surface area contributed by atoms with Crippen LogP contribution < -0.4 is 10.6 Å². The molecule has 2 amide bonds. The second kappa shape index (κ2) is 6.84. The van der Waals surface area contributed by atoms with Crippen molar-refractivity contribution in [2.24, 2.45) is 0 Å². The third-order valence-electron chi connectivity index (χ3n) is 2.23. The Balaban J connectivity index is 2.82. The van der Waals surface area contributed by atoms with Crippen molar-refractivity contribution < 1.29 is 33.4 Å². The number of benzene rings is 1. The van der Waals surface area contributed by atoms with Gasteiger partial charge in [-0.2, -0.15) is 0 Å². The predicted octanol–water partition coefficient (Wildman–Crippen LogP) is 1.67. The van der Waals surface area contributed by atoms with Crippen molar-refractivity contribution in [2.75, 3.05) is 5.32 Å². The number of nitrogens with one attached hydrogen (secondary N) is 2. The van der Waals surface area contributed by atoms with Gasteiger partial charge >= 0.3 is 18.0 Å². The van der Waals surface area contributed by atoms with E-state index in [1.165, 1.54) is 0 Å². The highest BCUT2D eigenvalue weighted by Gasteiger charge is 2.24. The smallest absolute Gasteiger partial charge is 0.326 e. The van der Waals surface area contributed by atoms with E-state index in [0.717, 1.165) is 6.07 Å². The average Bonchev–Trinajstić information content (AvgIpc) is 2.32. The number of hydrogen-bond donors (Lipinski definition) is 4. The van der Waals surface area contributed by atoms with Crippen molar-refractivity contribution in [1.29, 1.82) is 0 Å². The Morgan fingerprint density at radius 3 is 2.33 bits per heavy atom. The van der Waals surface area contributed by atoms with Gasteiger partial charge in [-0.3, -0.25) is 4.79 Å². The second-order valence-corrected chi connectivity index (χ2v) is 4.24. The molecule has 0 fully saturated rings. The van der Waals surface area contributed by atoms with E-state index in [1.54, 1.807) is 0 Å². The number of aliphatic carboxylic acids is 2. The van der Waals surface area contributed by atoms with E-state index in [9.17, 15) is 23.2 Å². The number of halogens is 3. The van der Waals surface area contributed by atoms with Crippen LogP contribution in [0.15, 0.2) is 12.1 Å². The molecule has 0 aliphatic heterocycles. The first-order valence-electron chi connectivity index (χ1n) is 5.37. The largest absolute Gasteiger partial charge is 0.481 e. The molecular formula is C11H9ClF2N2O5. The molecule has 0 aliphatic carbocycles. The zero-order valence-electron chi connectivity index (χ0n) is 10.2. The van der Waals surface area contributed by atoms with Crippen molar-refractivity contribution in [3.8, 4) is 0 Å². The number of carboxylic acid groups (broad SMARTS) is 2. The van der Waals surface area contributed by atoms with Crippen molar-refractivity contribution in [3.63, 3.8) is 0 Å². The van der Waals surface area contributed by atoms with Crippen LogP contribution in [0.5, 0.6) is 0 Å². The van der Waals surface area contributed by atoms with Crippen LogP contribution in [0.3, 0.4) is 0 Å². The molecule has 0 aromatic heterocycles. The van der Waals surface area contributed by atoms with E-state index in [1.807, 2.05) is 10.6 Å².